The van der Waals surface area contributed by atoms with E-state index in [9.17, 15) is 4.79 Å². The largest absolute Gasteiger partial charge is 0.342 e. The molecule has 0 aromatic carbocycles. The lowest BCUT2D eigenvalue weighted by Crippen LogP contribution is -2.44. The van der Waals surface area contributed by atoms with Gasteiger partial charge in [-0.2, -0.15) is 0 Å². The molecule has 0 aromatic rings. The highest BCUT2D eigenvalue weighted by molar-refractivity contribution is 5.85. The third kappa shape index (κ3) is 2.34. The summed E-state index contributed by atoms with van der Waals surface area (Å²) in [6.07, 6.45) is 2.77. The average Bonchev–Trinajstić information content (AvgIpc) is 1.95. The molecule has 1 aliphatic rings. The van der Waals surface area contributed by atoms with E-state index in [0.717, 1.165) is 12.8 Å². The molecule has 11 heavy (non-hydrogen) atoms. The minimum Gasteiger partial charge on any atom is -0.342 e. The van der Waals surface area contributed by atoms with E-state index in [-0.39, 0.29) is 18.3 Å². The molecule has 4 heteroatoms. The number of halogens is 1. The van der Waals surface area contributed by atoms with E-state index in [1.165, 1.54) is 0 Å². The number of hydrogen-bond donors (Lipinski definition) is 1. The number of nitrogens with two attached hydrogens (primary N) is 1. The minimum absolute atomic E-state index is 0. The van der Waals surface area contributed by atoms with Gasteiger partial charge in [0.15, 0.2) is 0 Å². The van der Waals surface area contributed by atoms with E-state index in [1.807, 2.05) is 7.05 Å². The maximum atomic E-state index is 11.0. The van der Waals surface area contributed by atoms with Gasteiger partial charge in [-0.15, -0.1) is 12.4 Å². The average molecular weight is 179 g/mol. The van der Waals surface area contributed by atoms with Crippen molar-refractivity contribution in [1.29, 1.82) is 0 Å². The first kappa shape index (κ1) is 10.7. The third-order valence-electron chi connectivity index (χ3n) is 2.14. The van der Waals surface area contributed by atoms with Crippen LogP contribution in [0.25, 0.3) is 0 Å². The van der Waals surface area contributed by atoms with Gasteiger partial charge in [0, 0.05) is 26.1 Å². The Morgan fingerprint density at radius 2 is 2.36 bits per heavy atom. The summed E-state index contributed by atoms with van der Waals surface area (Å²) in [6, 6.07) is 0.293. The molecule has 1 saturated heterocycles. The Bertz CT molecular complexity index is 140. The van der Waals surface area contributed by atoms with Crippen LogP contribution in [0.4, 0.5) is 0 Å². The van der Waals surface area contributed by atoms with Crippen LogP contribution in [-0.4, -0.2) is 30.4 Å². The lowest BCUT2D eigenvalue weighted by Gasteiger charge is -2.31. The molecule has 0 aliphatic carbocycles. The Labute approximate surface area is 73.3 Å². The van der Waals surface area contributed by atoms with Gasteiger partial charge in [0.1, 0.15) is 0 Å². The van der Waals surface area contributed by atoms with Gasteiger partial charge < -0.3 is 10.6 Å². The van der Waals surface area contributed by atoms with Crippen molar-refractivity contribution >= 4 is 18.3 Å². The fraction of sp³-hybridized carbons (Fsp3) is 0.857. The van der Waals surface area contributed by atoms with E-state index in [0.29, 0.717) is 19.0 Å². The van der Waals surface area contributed by atoms with Crippen LogP contribution in [0.5, 0.6) is 0 Å². The molecular weight excluding hydrogens is 164 g/mol. The van der Waals surface area contributed by atoms with Gasteiger partial charge in [-0.25, -0.2) is 0 Å². The number of nitrogens with zero attached hydrogens (tertiary/aromatic N) is 1. The van der Waals surface area contributed by atoms with E-state index < -0.39 is 0 Å². The van der Waals surface area contributed by atoms with Crippen molar-refractivity contribution in [3.63, 3.8) is 0 Å². The molecule has 1 heterocycles. The van der Waals surface area contributed by atoms with Gasteiger partial charge in [0.25, 0.3) is 0 Å². The molecule has 0 spiro atoms. The molecule has 1 unspecified atom stereocenters. The Morgan fingerprint density at radius 1 is 1.73 bits per heavy atom. The molecule has 1 amide bonds. The molecule has 0 bridgehead atoms. The summed E-state index contributed by atoms with van der Waals surface area (Å²) in [5.74, 6) is 0.238. The van der Waals surface area contributed by atoms with Crippen LogP contribution in [0.2, 0.25) is 0 Å². The second-order valence-electron chi connectivity index (χ2n) is 2.79. The monoisotopic (exact) mass is 178 g/mol. The SMILES string of the molecule is CN1C(=O)CCCC1CN.Cl. The summed E-state index contributed by atoms with van der Waals surface area (Å²) in [5.41, 5.74) is 5.46. The summed E-state index contributed by atoms with van der Waals surface area (Å²) in [6.45, 7) is 0.599. The predicted molar refractivity (Wildman–Crippen MR) is 46.7 cm³/mol. The number of rotatable bonds is 1. The number of hydrogen-bond acceptors (Lipinski definition) is 2. The fourth-order valence-electron chi connectivity index (χ4n) is 1.34. The van der Waals surface area contributed by atoms with E-state index in [4.69, 9.17) is 5.73 Å². The van der Waals surface area contributed by atoms with Crippen molar-refractivity contribution < 1.29 is 4.79 Å². The summed E-state index contributed by atoms with van der Waals surface area (Å²) >= 11 is 0. The van der Waals surface area contributed by atoms with Crippen LogP contribution in [0.15, 0.2) is 0 Å². The van der Waals surface area contributed by atoms with Crippen LogP contribution in [-0.2, 0) is 4.79 Å². The third-order valence-corrected chi connectivity index (χ3v) is 2.14. The van der Waals surface area contributed by atoms with Crippen LogP contribution < -0.4 is 5.73 Å². The number of carbonyl (C=O) groups excluding carboxylic acids is 1. The highest BCUT2D eigenvalue weighted by atomic mass is 35.5. The molecule has 0 aromatic heterocycles. The zero-order valence-electron chi connectivity index (χ0n) is 6.75. The highest BCUT2D eigenvalue weighted by Crippen LogP contribution is 2.14. The first-order valence-electron chi connectivity index (χ1n) is 3.71. The molecule has 0 saturated carbocycles. The maximum Gasteiger partial charge on any atom is 0.222 e. The molecular formula is C7H15ClN2O. The number of likely N-dealkylation sites (N-methyl/N-ethyl adjacent to an activating group) is 1. The predicted octanol–water partition coefficient (Wildman–Crippen LogP) is 0.378. The Balaban J connectivity index is 0.000001000. The smallest absolute Gasteiger partial charge is 0.222 e. The lowest BCUT2D eigenvalue weighted by molar-refractivity contribution is -0.134. The molecule has 0 radical (unpaired) electrons. The number of amides is 1. The van der Waals surface area contributed by atoms with Crippen LogP contribution >= 0.6 is 12.4 Å². The van der Waals surface area contributed by atoms with Gasteiger partial charge in [-0.1, -0.05) is 0 Å². The second kappa shape index (κ2) is 4.57. The minimum atomic E-state index is 0. The van der Waals surface area contributed by atoms with Crippen LogP contribution in [0, 0.1) is 0 Å². The standard InChI is InChI=1S/C7H14N2O.ClH/c1-9-6(5-8)3-2-4-7(9)10;/h6H,2-5,8H2,1H3;1H. The molecule has 1 fully saturated rings. The normalized spacial score (nSPS) is 24.7. The summed E-state index contributed by atoms with van der Waals surface area (Å²) < 4.78 is 0. The van der Waals surface area contributed by atoms with Crippen molar-refractivity contribution in [3.8, 4) is 0 Å². The Kier molecular flexibility index (Phi) is 4.45. The topological polar surface area (TPSA) is 46.3 Å². The van der Waals surface area contributed by atoms with E-state index in [1.54, 1.807) is 4.90 Å². The zero-order valence-corrected chi connectivity index (χ0v) is 7.56. The van der Waals surface area contributed by atoms with Crippen molar-refractivity contribution in [1.82, 2.24) is 4.90 Å². The van der Waals surface area contributed by atoms with Crippen molar-refractivity contribution in [2.24, 2.45) is 5.73 Å². The lowest BCUT2D eigenvalue weighted by atomic mass is 10.0. The van der Waals surface area contributed by atoms with Gasteiger partial charge in [0.2, 0.25) is 5.91 Å². The Hall–Kier alpha value is -0.280. The summed E-state index contributed by atoms with van der Waals surface area (Å²) in [5, 5.41) is 0. The van der Waals surface area contributed by atoms with E-state index in [2.05, 4.69) is 0 Å². The van der Waals surface area contributed by atoms with Gasteiger partial charge in [0.05, 0.1) is 0 Å². The first-order chi connectivity index (χ1) is 4.75. The first-order valence-corrected chi connectivity index (χ1v) is 3.71. The van der Waals surface area contributed by atoms with Gasteiger partial charge in [-0.05, 0) is 12.8 Å². The van der Waals surface area contributed by atoms with Crippen molar-refractivity contribution in [3.05, 3.63) is 0 Å². The quantitative estimate of drug-likeness (QED) is 0.631. The zero-order chi connectivity index (χ0) is 7.56. The molecule has 1 atom stereocenters. The molecule has 3 nitrogen and oxygen atoms in total. The summed E-state index contributed by atoms with van der Waals surface area (Å²) in [7, 11) is 1.83. The van der Waals surface area contributed by atoms with Crippen molar-refractivity contribution in [2.75, 3.05) is 13.6 Å². The number of piperidine rings is 1. The molecule has 1 aliphatic heterocycles. The highest BCUT2D eigenvalue weighted by Gasteiger charge is 2.22. The van der Waals surface area contributed by atoms with Crippen molar-refractivity contribution in [2.45, 2.75) is 25.3 Å². The van der Waals surface area contributed by atoms with Crippen LogP contribution in [0.1, 0.15) is 19.3 Å². The maximum absolute atomic E-state index is 11.0. The van der Waals surface area contributed by atoms with E-state index >= 15 is 0 Å². The molecule has 2 N–H and O–H groups in total. The van der Waals surface area contributed by atoms with Gasteiger partial charge in [-0.3, -0.25) is 4.79 Å². The number of likely N-dealkylation sites (tertiary alicyclic amines) is 1. The molecule has 1 rings (SSSR count). The second-order valence-corrected chi connectivity index (χ2v) is 2.79. The molecule has 66 valence electrons. The summed E-state index contributed by atoms with van der Waals surface area (Å²) in [4.78, 5) is 12.8. The Morgan fingerprint density at radius 3 is 2.82 bits per heavy atom. The van der Waals surface area contributed by atoms with Crippen LogP contribution in [0.3, 0.4) is 0 Å². The number of carbonyl (C=O) groups is 1. The van der Waals surface area contributed by atoms with Gasteiger partial charge >= 0.3 is 0 Å². The fourth-order valence-corrected chi connectivity index (χ4v) is 1.34.